The summed E-state index contributed by atoms with van der Waals surface area (Å²) < 4.78 is 0. The van der Waals surface area contributed by atoms with Gasteiger partial charge in [0.15, 0.2) is 0 Å². The van der Waals surface area contributed by atoms with Crippen molar-refractivity contribution in [2.75, 3.05) is 5.75 Å². The Balaban J connectivity index is 2.16. The number of rotatable bonds is 5. The van der Waals surface area contributed by atoms with Crippen LogP contribution in [0.15, 0.2) is 17.4 Å². The summed E-state index contributed by atoms with van der Waals surface area (Å²) >= 11 is 3.46. The van der Waals surface area contributed by atoms with Gasteiger partial charge in [0.2, 0.25) is 0 Å². The summed E-state index contributed by atoms with van der Waals surface area (Å²) in [6, 6.07) is 4.35. The molecule has 3 nitrogen and oxygen atoms in total. The summed E-state index contributed by atoms with van der Waals surface area (Å²) in [7, 11) is 0. The molecule has 2 aromatic rings. The van der Waals surface area contributed by atoms with Gasteiger partial charge in [0.05, 0.1) is 6.07 Å². The number of aromatic nitrogens is 2. The number of thioether (sulfide) groups is 1. The topological polar surface area (TPSA) is 49.6 Å². The maximum absolute atomic E-state index is 8.49. The first-order valence-corrected chi connectivity index (χ1v) is 7.38. The molecule has 88 valence electrons. The predicted molar refractivity (Wildman–Crippen MR) is 72.4 cm³/mol. The first-order valence-electron chi connectivity index (χ1n) is 5.58. The van der Waals surface area contributed by atoms with Crippen LogP contribution in [0.25, 0.3) is 10.2 Å². The van der Waals surface area contributed by atoms with Crippen LogP contribution in [0.1, 0.15) is 24.6 Å². The van der Waals surface area contributed by atoms with Crippen LogP contribution < -0.4 is 0 Å². The normalized spacial score (nSPS) is 10.6. The highest BCUT2D eigenvalue weighted by Crippen LogP contribution is 2.31. The zero-order chi connectivity index (χ0) is 12.1. The fourth-order valence-corrected chi connectivity index (χ4v) is 3.41. The summed E-state index contributed by atoms with van der Waals surface area (Å²) in [5, 5.41) is 10.7. The highest BCUT2D eigenvalue weighted by molar-refractivity contribution is 7.99. The average Bonchev–Trinajstić information content (AvgIpc) is 2.78. The van der Waals surface area contributed by atoms with Gasteiger partial charge in [0.25, 0.3) is 0 Å². The van der Waals surface area contributed by atoms with E-state index < -0.39 is 0 Å². The van der Waals surface area contributed by atoms with Gasteiger partial charge in [-0.1, -0.05) is 6.92 Å². The maximum atomic E-state index is 8.49. The van der Waals surface area contributed by atoms with Crippen LogP contribution in [0.4, 0.5) is 0 Å². The molecule has 0 N–H and O–H groups in total. The molecular weight excluding hydrogens is 250 g/mol. The van der Waals surface area contributed by atoms with E-state index in [2.05, 4.69) is 29.0 Å². The van der Waals surface area contributed by atoms with E-state index >= 15 is 0 Å². The summed E-state index contributed by atoms with van der Waals surface area (Å²) in [6.45, 7) is 2.15. The lowest BCUT2D eigenvalue weighted by molar-refractivity contribution is 0.977. The lowest BCUT2D eigenvalue weighted by Crippen LogP contribution is -1.85. The number of nitrogens with zero attached hydrogens (tertiary/aromatic N) is 3. The van der Waals surface area contributed by atoms with Crippen molar-refractivity contribution >= 4 is 33.3 Å². The second kappa shape index (κ2) is 5.99. The molecule has 0 saturated heterocycles. The second-order valence-electron chi connectivity index (χ2n) is 3.57. The molecule has 2 heterocycles. The number of hydrogen-bond acceptors (Lipinski definition) is 5. The van der Waals surface area contributed by atoms with Crippen molar-refractivity contribution in [3.63, 3.8) is 0 Å². The summed E-state index contributed by atoms with van der Waals surface area (Å²) in [6.07, 6.45) is 4.20. The molecule has 0 aliphatic rings. The molecule has 0 radical (unpaired) electrons. The van der Waals surface area contributed by atoms with Crippen LogP contribution in [0.3, 0.4) is 0 Å². The molecule has 0 atom stereocenters. The Morgan fingerprint density at radius 2 is 2.35 bits per heavy atom. The van der Waals surface area contributed by atoms with Crippen LogP contribution in [-0.2, 0) is 6.42 Å². The molecule has 0 saturated carbocycles. The van der Waals surface area contributed by atoms with E-state index in [1.165, 1.54) is 4.88 Å². The summed E-state index contributed by atoms with van der Waals surface area (Å²) in [5.74, 6) is 0.941. The lowest BCUT2D eigenvalue weighted by atomic mass is 10.3. The standard InChI is InChI=1S/C12H13N3S2/c1-2-9-7-10-11(16-6-4-3-5-13)14-8-15-12(10)17-9/h7-8H,2-4,6H2,1H3. The van der Waals surface area contributed by atoms with Gasteiger partial charge >= 0.3 is 0 Å². The Labute approximate surface area is 109 Å². The average molecular weight is 263 g/mol. The maximum Gasteiger partial charge on any atom is 0.128 e. The lowest BCUT2D eigenvalue weighted by Gasteiger charge is -1.99. The van der Waals surface area contributed by atoms with E-state index in [1.54, 1.807) is 29.4 Å². The van der Waals surface area contributed by atoms with Crippen molar-refractivity contribution in [3.05, 3.63) is 17.3 Å². The molecule has 0 fully saturated rings. The van der Waals surface area contributed by atoms with Gasteiger partial charge in [-0.05, 0) is 18.9 Å². The number of nitriles is 1. The molecule has 2 aromatic heterocycles. The van der Waals surface area contributed by atoms with Crippen LogP contribution >= 0.6 is 23.1 Å². The molecule has 5 heteroatoms. The smallest absolute Gasteiger partial charge is 0.128 e. The number of hydrogen-bond donors (Lipinski definition) is 0. The van der Waals surface area contributed by atoms with E-state index in [-0.39, 0.29) is 0 Å². The number of unbranched alkanes of at least 4 members (excludes halogenated alkanes) is 1. The van der Waals surface area contributed by atoms with Crippen LogP contribution in [0.2, 0.25) is 0 Å². The van der Waals surface area contributed by atoms with E-state index in [0.29, 0.717) is 6.42 Å². The Bertz CT molecular complexity index is 542. The highest BCUT2D eigenvalue weighted by Gasteiger charge is 2.07. The highest BCUT2D eigenvalue weighted by atomic mass is 32.2. The van der Waals surface area contributed by atoms with Crippen molar-refractivity contribution in [3.8, 4) is 6.07 Å². The third-order valence-corrected chi connectivity index (χ3v) is 4.64. The molecular formula is C12H13N3S2. The zero-order valence-corrected chi connectivity index (χ0v) is 11.3. The third kappa shape index (κ3) is 2.96. The van der Waals surface area contributed by atoms with E-state index in [0.717, 1.165) is 33.8 Å². The van der Waals surface area contributed by atoms with Crippen molar-refractivity contribution < 1.29 is 0 Å². The second-order valence-corrected chi connectivity index (χ2v) is 5.77. The zero-order valence-electron chi connectivity index (χ0n) is 9.64. The SMILES string of the molecule is CCc1cc2c(SCCCC#N)ncnc2s1. The quantitative estimate of drug-likeness (QED) is 0.469. The van der Waals surface area contributed by atoms with Crippen LogP contribution in [-0.4, -0.2) is 15.7 Å². The molecule has 17 heavy (non-hydrogen) atoms. The Morgan fingerprint density at radius 3 is 3.12 bits per heavy atom. The molecule has 2 rings (SSSR count). The number of fused-ring (bicyclic) bond motifs is 1. The number of thiophene rings is 1. The van der Waals surface area contributed by atoms with Crippen molar-refractivity contribution in [2.24, 2.45) is 0 Å². The molecule has 0 aromatic carbocycles. The predicted octanol–water partition coefficient (Wildman–Crippen LogP) is 3.65. The van der Waals surface area contributed by atoms with Gasteiger partial charge in [0, 0.05) is 22.4 Å². The minimum Gasteiger partial charge on any atom is -0.229 e. The van der Waals surface area contributed by atoms with E-state index in [1.807, 2.05) is 0 Å². The monoisotopic (exact) mass is 263 g/mol. The molecule has 0 aliphatic carbocycles. The van der Waals surface area contributed by atoms with Gasteiger partial charge in [-0.3, -0.25) is 0 Å². The Hall–Kier alpha value is -1.12. The van der Waals surface area contributed by atoms with Crippen molar-refractivity contribution in [1.82, 2.24) is 9.97 Å². The minimum atomic E-state index is 0.616. The van der Waals surface area contributed by atoms with Gasteiger partial charge < -0.3 is 0 Å². The van der Waals surface area contributed by atoms with E-state index in [9.17, 15) is 0 Å². The molecule has 0 aliphatic heterocycles. The summed E-state index contributed by atoms with van der Waals surface area (Å²) in [5.41, 5.74) is 0. The molecule has 0 unspecified atom stereocenters. The Morgan fingerprint density at radius 1 is 1.47 bits per heavy atom. The number of aryl methyl sites for hydroxylation is 1. The molecule has 0 bridgehead atoms. The van der Waals surface area contributed by atoms with Crippen molar-refractivity contribution in [1.29, 1.82) is 5.26 Å². The van der Waals surface area contributed by atoms with Gasteiger partial charge in [-0.2, -0.15) is 5.26 Å². The first-order chi connectivity index (χ1) is 8.35. The van der Waals surface area contributed by atoms with Gasteiger partial charge in [-0.25, -0.2) is 9.97 Å². The van der Waals surface area contributed by atoms with Crippen LogP contribution in [0.5, 0.6) is 0 Å². The van der Waals surface area contributed by atoms with Gasteiger partial charge in [-0.15, -0.1) is 23.1 Å². The molecule has 0 amide bonds. The third-order valence-electron chi connectivity index (χ3n) is 2.36. The largest absolute Gasteiger partial charge is 0.229 e. The van der Waals surface area contributed by atoms with Crippen LogP contribution in [0, 0.1) is 11.3 Å². The van der Waals surface area contributed by atoms with Gasteiger partial charge in [0.1, 0.15) is 16.2 Å². The molecule has 0 spiro atoms. The summed E-state index contributed by atoms with van der Waals surface area (Å²) in [4.78, 5) is 11.0. The van der Waals surface area contributed by atoms with E-state index in [4.69, 9.17) is 5.26 Å². The fourth-order valence-electron chi connectivity index (χ4n) is 1.49. The minimum absolute atomic E-state index is 0.616. The first kappa shape index (κ1) is 12.3. The van der Waals surface area contributed by atoms with Crippen molar-refractivity contribution in [2.45, 2.75) is 31.2 Å². The Kier molecular flexibility index (Phi) is 4.35. The fraction of sp³-hybridized carbons (Fsp3) is 0.417.